The number of rotatable bonds is 5. The number of aromatic nitrogens is 2. The molecule has 0 aliphatic rings. The summed E-state index contributed by atoms with van der Waals surface area (Å²) in [6.45, 7) is 5.83. The van der Waals surface area contributed by atoms with Gasteiger partial charge in [-0.2, -0.15) is 5.10 Å². The molecule has 22 heavy (non-hydrogen) atoms. The Hall–Kier alpha value is -2.21. The van der Waals surface area contributed by atoms with Crippen LogP contribution in [0.25, 0.3) is 0 Å². The van der Waals surface area contributed by atoms with Crippen molar-refractivity contribution in [3.8, 4) is 0 Å². The topological polar surface area (TPSA) is 67.2 Å². The average Bonchev–Trinajstić information content (AvgIpc) is 2.44. The summed E-state index contributed by atoms with van der Waals surface area (Å²) in [6.07, 6.45) is 1.63. The number of hydrogen-bond acceptors (Lipinski definition) is 5. The van der Waals surface area contributed by atoms with Gasteiger partial charge in [-0.05, 0) is 32.4 Å². The fourth-order valence-corrected chi connectivity index (χ4v) is 2.59. The maximum Gasteiger partial charge on any atom is 0.250 e. The van der Waals surface area contributed by atoms with E-state index in [-0.39, 0.29) is 11.7 Å². The van der Waals surface area contributed by atoms with Gasteiger partial charge < -0.3 is 0 Å². The molecule has 0 unspecified atom stereocenters. The highest BCUT2D eigenvalue weighted by molar-refractivity contribution is 7.99. The third kappa shape index (κ3) is 5.29. The molecule has 5 nitrogen and oxygen atoms in total. The van der Waals surface area contributed by atoms with Gasteiger partial charge in [0.05, 0.1) is 12.0 Å². The molecule has 0 saturated carbocycles. The lowest BCUT2D eigenvalue weighted by Crippen LogP contribution is -2.19. The van der Waals surface area contributed by atoms with Crippen LogP contribution >= 0.6 is 11.8 Å². The molecule has 0 aliphatic carbocycles. The lowest BCUT2D eigenvalue weighted by Gasteiger charge is -2.02. The molecular weight excluding hydrogens is 296 g/mol. The molecule has 0 aliphatic heterocycles. The van der Waals surface area contributed by atoms with Gasteiger partial charge in [-0.15, -0.1) is 0 Å². The molecule has 1 aromatic heterocycles. The third-order valence-corrected chi connectivity index (χ3v) is 3.59. The lowest BCUT2D eigenvalue weighted by atomic mass is 10.2. The molecule has 0 saturated heterocycles. The number of nitrogens with one attached hydrogen (secondary N) is 1. The highest BCUT2D eigenvalue weighted by Gasteiger charge is 2.05. The highest BCUT2D eigenvalue weighted by atomic mass is 32.2. The summed E-state index contributed by atoms with van der Waals surface area (Å²) < 4.78 is 0. The number of hydrazone groups is 1. The molecule has 1 heterocycles. The van der Waals surface area contributed by atoms with E-state index >= 15 is 0 Å². The van der Waals surface area contributed by atoms with E-state index in [4.69, 9.17) is 0 Å². The molecule has 0 fully saturated rings. The summed E-state index contributed by atoms with van der Waals surface area (Å²) in [5.41, 5.74) is 6.40. The van der Waals surface area contributed by atoms with Crippen LogP contribution in [0.15, 0.2) is 40.6 Å². The molecule has 6 heteroatoms. The van der Waals surface area contributed by atoms with E-state index in [1.807, 2.05) is 51.1 Å². The Labute approximate surface area is 134 Å². The quantitative estimate of drug-likeness (QED) is 0.399. The number of nitrogens with zero attached hydrogens (tertiary/aromatic N) is 3. The first-order valence-electron chi connectivity index (χ1n) is 6.86. The number of hydrogen-bond donors (Lipinski definition) is 1. The Morgan fingerprint density at radius 2 is 1.95 bits per heavy atom. The summed E-state index contributed by atoms with van der Waals surface area (Å²) >= 11 is 1.30. The Bertz CT molecular complexity index is 680. The van der Waals surface area contributed by atoms with Gasteiger partial charge in [0.1, 0.15) is 0 Å². The molecule has 2 aromatic rings. The summed E-state index contributed by atoms with van der Waals surface area (Å²) in [6, 6.07) is 9.78. The zero-order valence-electron chi connectivity index (χ0n) is 12.8. The minimum Gasteiger partial charge on any atom is -0.272 e. The van der Waals surface area contributed by atoms with Crippen molar-refractivity contribution in [2.75, 3.05) is 5.75 Å². The maximum atomic E-state index is 11.7. The molecule has 114 valence electrons. The average molecular weight is 314 g/mol. The standard InChI is InChI=1S/C16H18N4OS/c1-11-5-4-6-14(7-11)9-17-20-15(21)10-22-16-18-12(2)8-13(3)19-16/h4-9H,10H2,1-3H3,(H,20,21)/b17-9+. The second-order valence-corrected chi connectivity index (χ2v) is 5.87. The van der Waals surface area contributed by atoms with E-state index in [9.17, 15) is 4.79 Å². The normalized spacial score (nSPS) is 10.9. The van der Waals surface area contributed by atoms with Crippen molar-refractivity contribution < 1.29 is 4.79 Å². The van der Waals surface area contributed by atoms with Crippen LogP contribution in [-0.2, 0) is 4.79 Å². The number of carbonyl (C=O) groups excluding carboxylic acids is 1. The van der Waals surface area contributed by atoms with Crippen molar-refractivity contribution in [2.24, 2.45) is 5.10 Å². The smallest absolute Gasteiger partial charge is 0.250 e. The van der Waals surface area contributed by atoms with Crippen LogP contribution in [0.3, 0.4) is 0 Å². The van der Waals surface area contributed by atoms with Crippen molar-refractivity contribution in [3.63, 3.8) is 0 Å². The van der Waals surface area contributed by atoms with E-state index in [0.717, 1.165) is 22.5 Å². The number of aryl methyl sites for hydroxylation is 3. The molecule has 1 aromatic carbocycles. The van der Waals surface area contributed by atoms with Gasteiger partial charge >= 0.3 is 0 Å². The van der Waals surface area contributed by atoms with Gasteiger partial charge in [0.2, 0.25) is 0 Å². The van der Waals surface area contributed by atoms with E-state index in [2.05, 4.69) is 20.5 Å². The van der Waals surface area contributed by atoms with Crippen molar-refractivity contribution >= 4 is 23.9 Å². The Morgan fingerprint density at radius 3 is 2.64 bits per heavy atom. The Morgan fingerprint density at radius 1 is 1.23 bits per heavy atom. The minimum absolute atomic E-state index is 0.184. The highest BCUT2D eigenvalue weighted by Crippen LogP contribution is 2.13. The number of amides is 1. The van der Waals surface area contributed by atoms with Crippen LogP contribution < -0.4 is 5.43 Å². The fraction of sp³-hybridized carbons (Fsp3) is 0.250. The van der Waals surface area contributed by atoms with E-state index in [1.54, 1.807) is 6.21 Å². The predicted octanol–water partition coefficient (Wildman–Crippen LogP) is 2.64. The van der Waals surface area contributed by atoms with Crippen molar-refractivity contribution in [1.82, 2.24) is 15.4 Å². The molecule has 1 amide bonds. The first-order chi connectivity index (χ1) is 10.5. The van der Waals surface area contributed by atoms with Gasteiger partial charge in [-0.1, -0.05) is 41.6 Å². The van der Waals surface area contributed by atoms with Crippen LogP contribution in [0.5, 0.6) is 0 Å². The second kappa shape index (κ2) is 7.70. The summed E-state index contributed by atoms with van der Waals surface area (Å²) in [5.74, 6) is 0.0466. The minimum atomic E-state index is -0.184. The van der Waals surface area contributed by atoms with Gasteiger partial charge in [0, 0.05) is 11.4 Å². The van der Waals surface area contributed by atoms with Crippen molar-refractivity contribution in [1.29, 1.82) is 0 Å². The van der Waals surface area contributed by atoms with Crippen molar-refractivity contribution in [2.45, 2.75) is 25.9 Å². The van der Waals surface area contributed by atoms with Crippen LogP contribution in [0.2, 0.25) is 0 Å². The first kappa shape index (κ1) is 16.2. The zero-order chi connectivity index (χ0) is 15.9. The first-order valence-corrected chi connectivity index (χ1v) is 7.85. The zero-order valence-corrected chi connectivity index (χ0v) is 13.6. The third-order valence-electron chi connectivity index (χ3n) is 2.74. The Balaban J connectivity index is 1.83. The lowest BCUT2D eigenvalue weighted by molar-refractivity contribution is -0.118. The number of benzene rings is 1. The van der Waals surface area contributed by atoms with Gasteiger partial charge in [0.15, 0.2) is 5.16 Å². The monoisotopic (exact) mass is 314 g/mol. The molecule has 0 bridgehead atoms. The maximum absolute atomic E-state index is 11.7. The summed E-state index contributed by atoms with van der Waals surface area (Å²) in [7, 11) is 0. The predicted molar refractivity (Wildman–Crippen MR) is 89.1 cm³/mol. The SMILES string of the molecule is Cc1cccc(/C=N/NC(=O)CSc2nc(C)cc(C)n2)c1. The van der Waals surface area contributed by atoms with Crippen molar-refractivity contribution in [3.05, 3.63) is 52.8 Å². The summed E-state index contributed by atoms with van der Waals surface area (Å²) in [5, 5.41) is 4.56. The molecule has 2 rings (SSSR count). The Kier molecular flexibility index (Phi) is 5.66. The van der Waals surface area contributed by atoms with Crippen LogP contribution in [0.1, 0.15) is 22.5 Å². The molecule has 0 radical (unpaired) electrons. The van der Waals surface area contributed by atoms with E-state index in [0.29, 0.717) is 5.16 Å². The number of thioether (sulfide) groups is 1. The number of carbonyl (C=O) groups is 1. The van der Waals surface area contributed by atoms with Gasteiger partial charge in [-0.25, -0.2) is 15.4 Å². The second-order valence-electron chi connectivity index (χ2n) is 4.93. The van der Waals surface area contributed by atoms with E-state index < -0.39 is 0 Å². The molecular formula is C16H18N4OS. The largest absolute Gasteiger partial charge is 0.272 e. The van der Waals surface area contributed by atoms with Crippen LogP contribution in [-0.4, -0.2) is 27.8 Å². The molecule has 0 atom stereocenters. The van der Waals surface area contributed by atoms with Gasteiger partial charge in [-0.3, -0.25) is 4.79 Å². The van der Waals surface area contributed by atoms with Crippen LogP contribution in [0, 0.1) is 20.8 Å². The van der Waals surface area contributed by atoms with E-state index in [1.165, 1.54) is 11.8 Å². The molecule has 1 N–H and O–H groups in total. The fourth-order valence-electron chi connectivity index (χ4n) is 1.85. The van der Waals surface area contributed by atoms with Crippen LogP contribution in [0.4, 0.5) is 0 Å². The van der Waals surface area contributed by atoms with Gasteiger partial charge in [0.25, 0.3) is 5.91 Å². The molecule has 0 spiro atoms. The summed E-state index contributed by atoms with van der Waals surface area (Å²) in [4.78, 5) is 20.3.